The van der Waals surface area contributed by atoms with Crippen LogP contribution in [0, 0.1) is 5.41 Å². The lowest BCUT2D eigenvalue weighted by Crippen LogP contribution is -2.36. The van der Waals surface area contributed by atoms with Crippen LogP contribution in [-0.2, 0) is 25.7 Å². The van der Waals surface area contributed by atoms with Crippen molar-refractivity contribution in [1.82, 2.24) is 16.0 Å². The van der Waals surface area contributed by atoms with Gasteiger partial charge in [0.25, 0.3) is 0 Å². The molecule has 0 spiro atoms. The first-order valence-electron chi connectivity index (χ1n) is 10.4. The monoisotopic (exact) mass is 471 g/mol. The first kappa shape index (κ1) is 29.1. The maximum Gasteiger partial charge on any atom is 0.307 e. The van der Waals surface area contributed by atoms with Crippen LogP contribution in [0.25, 0.3) is 0 Å². The largest absolute Gasteiger partial charge is 0.461 e. The Morgan fingerprint density at radius 1 is 0.969 bits per heavy atom. The van der Waals surface area contributed by atoms with Gasteiger partial charge in [-0.25, -0.2) is 0 Å². The van der Waals surface area contributed by atoms with Gasteiger partial charge in [-0.15, -0.1) is 12.4 Å². The fourth-order valence-electron chi connectivity index (χ4n) is 2.60. The van der Waals surface area contributed by atoms with E-state index in [0.29, 0.717) is 19.4 Å². The molecular weight excluding hydrogens is 438 g/mol. The summed E-state index contributed by atoms with van der Waals surface area (Å²) in [5, 5.41) is 24.7. The van der Waals surface area contributed by atoms with Gasteiger partial charge in [0, 0.05) is 26.1 Å². The van der Waals surface area contributed by atoms with Gasteiger partial charge in [0.1, 0.15) is 6.61 Å². The van der Waals surface area contributed by atoms with Gasteiger partial charge in [-0.2, -0.15) is 0 Å². The van der Waals surface area contributed by atoms with Crippen LogP contribution in [0.3, 0.4) is 0 Å². The maximum atomic E-state index is 11.8. The molecule has 1 unspecified atom stereocenters. The lowest BCUT2D eigenvalue weighted by Gasteiger charge is -2.12. The van der Waals surface area contributed by atoms with E-state index in [1.54, 1.807) is 0 Å². The van der Waals surface area contributed by atoms with Crippen molar-refractivity contribution in [2.75, 3.05) is 19.6 Å². The summed E-state index contributed by atoms with van der Waals surface area (Å²) in [7, 11) is 0. The molecular formula is C21H34ClN5O5. The molecule has 0 aliphatic rings. The van der Waals surface area contributed by atoms with E-state index >= 15 is 0 Å². The average molecular weight is 472 g/mol. The molecule has 0 aromatic heterocycles. The number of rotatable bonds is 15. The Kier molecular flexibility index (Phi) is 16.2. The van der Waals surface area contributed by atoms with Crippen molar-refractivity contribution in [3.8, 4) is 0 Å². The average Bonchev–Trinajstić information content (AvgIpc) is 2.73. The Labute approximate surface area is 194 Å². The van der Waals surface area contributed by atoms with Crippen molar-refractivity contribution in [3.63, 3.8) is 0 Å². The highest BCUT2D eigenvalue weighted by molar-refractivity contribution is 5.85. The molecule has 2 amide bonds. The summed E-state index contributed by atoms with van der Waals surface area (Å²) in [6, 6.07) is 9.29. The molecule has 0 radical (unpaired) electrons. The van der Waals surface area contributed by atoms with Crippen LogP contribution >= 0.6 is 12.4 Å². The minimum atomic E-state index is -1.01. The Balaban J connectivity index is 0.00000961. The first-order chi connectivity index (χ1) is 14.9. The number of benzene rings is 1. The molecule has 0 aliphatic carbocycles. The number of ether oxygens (including phenoxy) is 1. The minimum absolute atomic E-state index is 0. The van der Waals surface area contributed by atoms with Gasteiger partial charge < -0.3 is 31.5 Å². The third kappa shape index (κ3) is 15.9. The second-order valence-electron chi connectivity index (χ2n) is 7.06. The van der Waals surface area contributed by atoms with Crippen LogP contribution in [0.15, 0.2) is 30.3 Å². The number of unbranched alkanes of at least 4 members (excludes halogenated alkanes) is 2. The van der Waals surface area contributed by atoms with Crippen molar-refractivity contribution in [3.05, 3.63) is 35.9 Å². The van der Waals surface area contributed by atoms with E-state index in [2.05, 4.69) is 16.0 Å². The molecule has 1 atom stereocenters. The lowest BCUT2D eigenvalue weighted by molar-refractivity contribution is -0.144. The fourth-order valence-corrected chi connectivity index (χ4v) is 2.60. The van der Waals surface area contributed by atoms with E-state index in [1.165, 1.54) is 0 Å². The molecule has 11 heteroatoms. The number of halogens is 1. The van der Waals surface area contributed by atoms with Crippen LogP contribution in [-0.4, -0.2) is 54.6 Å². The van der Waals surface area contributed by atoms with Crippen molar-refractivity contribution >= 4 is 36.2 Å². The minimum Gasteiger partial charge on any atom is -0.461 e. The van der Waals surface area contributed by atoms with E-state index in [4.69, 9.17) is 15.9 Å². The predicted octanol–water partition coefficient (Wildman–Crippen LogP) is 0.569. The Morgan fingerprint density at radius 3 is 2.38 bits per heavy atom. The number of carbonyl (C=O) groups excluding carboxylic acids is 3. The number of nitrogens with one attached hydrogen (secondary N) is 4. The van der Waals surface area contributed by atoms with Crippen molar-refractivity contribution in [1.29, 1.82) is 5.41 Å². The van der Waals surface area contributed by atoms with Gasteiger partial charge in [-0.3, -0.25) is 19.8 Å². The van der Waals surface area contributed by atoms with Crippen LogP contribution in [0.1, 0.15) is 44.1 Å². The Bertz CT molecular complexity index is 705. The van der Waals surface area contributed by atoms with Gasteiger partial charge in [-0.1, -0.05) is 36.8 Å². The summed E-state index contributed by atoms with van der Waals surface area (Å²) >= 11 is 0. The molecule has 0 aliphatic heterocycles. The van der Waals surface area contributed by atoms with E-state index in [9.17, 15) is 19.5 Å². The lowest BCUT2D eigenvalue weighted by atomic mass is 10.2. The summed E-state index contributed by atoms with van der Waals surface area (Å²) in [5.41, 5.74) is 6.05. The Hall–Kier alpha value is -2.85. The van der Waals surface area contributed by atoms with Crippen LogP contribution in [0.5, 0.6) is 0 Å². The highest BCUT2D eigenvalue weighted by Crippen LogP contribution is 2.02. The highest BCUT2D eigenvalue weighted by atomic mass is 35.5. The molecule has 0 saturated heterocycles. The van der Waals surface area contributed by atoms with Crippen molar-refractivity contribution < 1.29 is 24.2 Å². The van der Waals surface area contributed by atoms with Gasteiger partial charge in [0.05, 0.1) is 18.9 Å². The number of carbonyl (C=O) groups is 3. The zero-order chi connectivity index (χ0) is 22.9. The molecule has 32 heavy (non-hydrogen) atoms. The molecule has 0 fully saturated rings. The van der Waals surface area contributed by atoms with Gasteiger partial charge in [0.15, 0.2) is 5.96 Å². The fraction of sp³-hybridized carbons (Fsp3) is 0.524. The summed E-state index contributed by atoms with van der Waals surface area (Å²) in [6.45, 7) is 0.873. The van der Waals surface area contributed by atoms with Crippen LogP contribution < -0.4 is 21.7 Å². The number of amides is 2. The third-order valence-electron chi connectivity index (χ3n) is 4.25. The molecule has 0 bridgehead atoms. The van der Waals surface area contributed by atoms with Crippen LogP contribution in [0.4, 0.5) is 0 Å². The number of hydrogen-bond donors (Lipinski definition) is 6. The van der Waals surface area contributed by atoms with E-state index in [1.807, 2.05) is 30.3 Å². The number of aliphatic hydroxyl groups is 1. The van der Waals surface area contributed by atoms with E-state index < -0.39 is 18.0 Å². The summed E-state index contributed by atoms with van der Waals surface area (Å²) in [6.07, 6.45) is 1.48. The standard InChI is InChI=1S/C21H33N5O5.ClH/c22-21(23)25-11-6-2-5-9-18(28)26-14-17(27)13-19(29)24-12-10-20(30)31-15-16-7-3-1-4-8-16;/h1,3-4,7-8,17,27H,2,5-6,9-15H2,(H,24,29)(H,26,28)(H4,22,23,25);1H. The number of nitrogens with two attached hydrogens (primary N) is 1. The number of aliphatic hydroxyl groups excluding tert-OH is 1. The zero-order valence-corrected chi connectivity index (χ0v) is 18.9. The SMILES string of the molecule is Cl.N=C(N)NCCCCCC(=O)NCC(O)CC(=O)NCCC(=O)OCc1ccccc1. The van der Waals surface area contributed by atoms with Crippen molar-refractivity contribution in [2.45, 2.75) is 51.2 Å². The Morgan fingerprint density at radius 2 is 1.69 bits per heavy atom. The number of hydrogen-bond acceptors (Lipinski definition) is 6. The summed E-state index contributed by atoms with van der Waals surface area (Å²) in [4.78, 5) is 35.2. The second kappa shape index (κ2) is 17.8. The number of guanidine groups is 1. The molecule has 1 rings (SSSR count). The summed E-state index contributed by atoms with van der Waals surface area (Å²) < 4.78 is 5.11. The molecule has 180 valence electrons. The molecule has 7 N–H and O–H groups in total. The third-order valence-corrected chi connectivity index (χ3v) is 4.25. The quantitative estimate of drug-likeness (QED) is 0.0940. The molecule has 1 aromatic carbocycles. The van der Waals surface area contributed by atoms with E-state index in [-0.39, 0.29) is 56.8 Å². The van der Waals surface area contributed by atoms with Crippen LogP contribution in [0.2, 0.25) is 0 Å². The normalized spacial score (nSPS) is 10.9. The van der Waals surface area contributed by atoms with Gasteiger partial charge >= 0.3 is 5.97 Å². The van der Waals surface area contributed by atoms with Crippen molar-refractivity contribution in [2.24, 2.45) is 5.73 Å². The molecule has 0 saturated carbocycles. The molecule has 0 heterocycles. The van der Waals surface area contributed by atoms with E-state index in [0.717, 1.165) is 18.4 Å². The topological polar surface area (TPSA) is 167 Å². The second-order valence-corrected chi connectivity index (χ2v) is 7.06. The maximum absolute atomic E-state index is 11.8. The summed E-state index contributed by atoms with van der Waals surface area (Å²) in [5.74, 6) is -1.09. The van der Waals surface area contributed by atoms with Gasteiger partial charge in [0.2, 0.25) is 11.8 Å². The molecule has 1 aromatic rings. The highest BCUT2D eigenvalue weighted by Gasteiger charge is 2.13. The molecule has 10 nitrogen and oxygen atoms in total. The predicted molar refractivity (Wildman–Crippen MR) is 123 cm³/mol. The zero-order valence-electron chi connectivity index (χ0n) is 18.1. The smallest absolute Gasteiger partial charge is 0.307 e. The van der Waals surface area contributed by atoms with Gasteiger partial charge in [-0.05, 0) is 18.4 Å². The number of esters is 1. The first-order valence-corrected chi connectivity index (χ1v) is 10.4.